The fraction of sp³-hybridized carbons (Fsp3) is 0.333. The number of benzene rings is 1. The average molecular weight is 448 g/mol. The molecule has 1 N–H and O–H groups in total. The molecule has 1 aliphatic carbocycles. The molecule has 7 nitrogen and oxygen atoms in total. The Kier molecular flexibility index (Phi) is 5.61. The van der Waals surface area contributed by atoms with Gasteiger partial charge >= 0.3 is 0 Å². The lowest BCUT2D eigenvalue weighted by atomic mass is 9.92. The summed E-state index contributed by atoms with van der Waals surface area (Å²) >= 11 is 5.86. The first-order chi connectivity index (χ1) is 15.6. The van der Waals surface area contributed by atoms with Crippen molar-refractivity contribution in [2.75, 3.05) is 0 Å². The van der Waals surface area contributed by atoms with E-state index >= 15 is 0 Å². The van der Waals surface area contributed by atoms with E-state index < -0.39 is 0 Å². The van der Waals surface area contributed by atoms with Gasteiger partial charge in [-0.15, -0.1) is 0 Å². The van der Waals surface area contributed by atoms with Gasteiger partial charge in [-0.1, -0.05) is 25.3 Å². The van der Waals surface area contributed by atoms with Crippen molar-refractivity contribution >= 4 is 23.0 Å². The predicted molar refractivity (Wildman–Crippen MR) is 127 cm³/mol. The second-order valence-electron chi connectivity index (χ2n) is 8.40. The lowest BCUT2D eigenvalue weighted by molar-refractivity contribution is -0.384. The molecule has 8 heteroatoms. The Hall–Kier alpha value is -3.26. The largest absolute Gasteiger partial charge is 0.352 e. The molecule has 0 unspecified atom stereocenters. The number of nitrogens with one attached hydrogen (secondary N) is 1. The van der Waals surface area contributed by atoms with Crippen LogP contribution in [0.1, 0.15) is 55.6 Å². The highest BCUT2D eigenvalue weighted by atomic mass is 32.1. The van der Waals surface area contributed by atoms with Crippen molar-refractivity contribution in [1.82, 2.24) is 19.8 Å². The molecule has 1 aromatic carbocycles. The number of rotatable bonds is 5. The fourth-order valence-corrected chi connectivity index (χ4v) is 5.43. The van der Waals surface area contributed by atoms with Crippen LogP contribution in [0.15, 0.2) is 67.0 Å². The second-order valence-corrected chi connectivity index (χ2v) is 8.79. The number of nitro groups is 1. The number of thiocarbonyl (C=S) groups is 1. The summed E-state index contributed by atoms with van der Waals surface area (Å²) in [4.78, 5) is 17.7. The zero-order chi connectivity index (χ0) is 22.1. The number of pyridine rings is 1. The smallest absolute Gasteiger partial charge is 0.269 e. The number of hydrogen-bond acceptors (Lipinski definition) is 4. The molecule has 0 bridgehead atoms. The van der Waals surface area contributed by atoms with Crippen LogP contribution < -0.4 is 5.32 Å². The SMILES string of the molecule is O=[N+]([O-])c1ccc(-n2cccc2[C@@H]2[C@@H](c3ccccn3)NC(=S)N2C2CCCCC2)cc1. The summed E-state index contributed by atoms with van der Waals surface area (Å²) < 4.78 is 2.11. The maximum Gasteiger partial charge on any atom is 0.269 e. The van der Waals surface area contributed by atoms with E-state index in [1.54, 1.807) is 24.3 Å². The maximum absolute atomic E-state index is 11.1. The number of hydrogen-bond donors (Lipinski definition) is 1. The van der Waals surface area contributed by atoms with Crippen LogP contribution in [-0.2, 0) is 0 Å². The monoisotopic (exact) mass is 447 g/mol. The molecule has 164 valence electrons. The van der Waals surface area contributed by atoms with Crippen molar-refractivity contribution in [3.63, 3.8) is 0 Å². The highest BCUT2D eigenvalue weighted by Gasteiger charge is 2.44. The first-order valence-corrected chi connectivity index (χ1v) is 11.5. The van der Waals surface area contributed by atoms with Crippen molar-refractivity contribution in [3.05, 3.63) is 88.5 Å². The molecule has 32 heavy (non-hydrogen) atoms. The minimum absolute atomic E-state index is 0.0225. The molecular formula is C24H25N5O2S. The molecular weight excluding hydrogens is 422 g/mol. The van der Waals surface area contributed by atoms with Gasteiger partial charge in [-0.3, -0.25) is 15.1 Å². The van der Waals surface area contributed by atoms with Gasteiger partial charge in [0, 0.05) is 41.9 Å². The Bertz CT molecular complexity index is 1110. The quantitative estimate of drug-likeness (QED) is 0.334. The van der Waals surface area contributed by atoms with Gasteiger partial charge < -0.3 is 14.8 Å². The standard InChI is InChI=1S/C24H25N5O2S/c30-29(31)19-13-11-17(12-14-19)27-16-6-10-21(27)23-22(20-9-4-5-15-25-20)26-24(32)28(23)18-7-2-1-3-8-18/h4-6,9-16,18,22-23H,1-3,7-8H2,(H,26,32)/t22-,23-/m1/s1. The minimum atomic E-state index is -0.373. The van der Waals surface area contributed by atoms with Crippen molar-refractivity contribution in [2.45, 2.75) is 50.2 Å². The van der Waals surface area contributed by atoms with E-state index in [0.717, 1.165) is 35.0 Å². The van der Waals surface area contributed by atoms with E-state index in [9.17, 15) is 10.1 Å². The van der Waals surface area contributed by atoms with E-state index in [2.05, 4.69) is 25.8 Å². The van der Waals surface area contributed by atoms with Gasteiger partial charge in [0.05, 0.1) is 22.7 Å². The fourth-order valence-electron chi connectivity index (χ4n) is 5.04. The van der Waals surface area contributed by atoms with Gasteiger partial charge in [-0.05, 0) is 61.5 Å². The predicted octanol–water partition coefficient (Wildman–Crippen LogP) is 5.09. The highest BCUT2D eigenvalue weighted by molar-refractivity contribution is 7.80. The minimum Gasteiger partial charge on any atom is -0.352 e. The Balaban J connectivity index is 1.58. The zero-order valence-corrected chi connectivity index (χ0v) is 18.4. The molecule has 1 saturated heterocycles. The van der Waals surface area contributed by atoms with Gasteiger partial charge in [0.25, 0.3) is 5.69 Å². The van der Waals surface area contributed by atoms with Crippen LogP contribution in [0, 0.1) is 10.1 Å². The van der Waals surface area contributed by atoms with Gasteiger partial charge in [0.2, 0.25) is 0 Å². The van der Waals surface area contributed by atoms with Gasteiger partial charge in [0.1, 0.15) is 0 Å². The van der Waals surface area contributed by atoms with Crippen LogP contribution in [0.3, 0.4) is 0 Å². The van der Waals surface area contributed by atoms with E-state index in [4.69, 9.17) is 12.2 Å². The normalized spacial score (nSPS) is 21.5. The van der Waals surface area contributed by atoms with Gasteiger partial charge in [-0.2, -0.15) is 0 Å². The third kappa shape index (κ3) is 3.75. The first kappa shape index (κ1) is 20.6. The topological polar surface area (TPSA) is 76.2 Å². The third-order valence-electron chi connectivity index (χ3n) is 6.53. The third-order valence-corrected chi connectivity index (χ3v) is 6.85. The molecule has 3 heterocycles. The molecule has 0 amide bonds. The van der Waals surface area contributed by atoms with Crippen molar-refractivity contribution < 1.29 is 4.92 Å². The van der Waals surface area contributed by atoms with Crippen LogP contribution in [0.25, 0.3) is 5.69 Å². The summed E-state index contributed by atoms with van der Waals surface area (Å²) in [6.45, 7) is 0. The molecule has 2 atom stereocenters. The van der Waals surface area contributed by atoms with Crippen LogP contribution in [0.4, 0.5) is 5.69 Å². The molecule has 1 saturated carbocycles. The van der Waals surface area contributed by atoms with Crippen molar-refractivity contribution in [3.8, 4) is 5.69 Å². The molecule has 0 radical (unpaired) electrons. The van der Waals surface area contributed by atoms with Crippen LogP contribution >= 0.6 is 12.2 Å². The Labute approximate surface area is 192 Å². The number of non-ortho nitro benzene ring substituents is 1. The summed E-state index contributed by atoms with van der Waals surface area (Å²) in [6, 6.07) is 17.1. The number of nitro benzene ring substituents is 1. The van der Waals surface area contributed by atoms with E-state index in [1.165, 1.54) is 19.3 Å². The lowest BCUT2D eigenvalue weighted by Gasteiger charge is -2.37. The van der Waals surface area contributed by atoms with Crippen LogP contribution in [0.2, 0.25) is 0 Å². The molecule has 2 aromatic heterocycles. The molecule has 3 aromatic rings. The summed E-state index contributed by atoms with van der Waals surface area (Å²) in [5, 5.41) is 15.4. The summed E-state index contributed by atoms with van der Waals surface area (Å²) in [5.74, 6) is 0. The zero-order valence-electron chi connectivity index (χ0n) is 17.6. The molecule has 2 aliphatic rings. The molecule has 0 spiro atoms. The Morgan fingerprint density at radius 1 is 1.03 bits per heavy atom. The Morgan fingerprint density at radius 2 is 1.81 bits per heavy atom. The summed E-state index contributed by atoms with van der Waals surface area (Å²) in [6.07, 6.45) is 9.79. The van der Waals surface area contributed by atoms with Gasteiger partial charge in [0.15, 0.2) is 5.11 Å². The van der Waals surface area contributed by atoms with E-state index in [0.29, 0.717) is 6.04 Å². The van der Waals surface area contributed by atoms with Crippen molar-refractivity contribution in [2.24, 2.45) is 0 Å². The van der Waals surface area contributed by atoms with Crippen molar-refractivity contribution in [1.29, 1.82) is 0 Å². The summed E-state index contributed by atoms with van der Waals surface area (Å²) in [7, 11) is 0. The Morgan fingerprint density at radius 3 is 2.50 bits per heavy atom. The van der Waals surface area contributed by atoms with E-state index in [-0.39, 0.29) is 22.7 Å². The van der Waals surface area contributed by atoms with Crippen LogP contribution in [0.5, 0.6) is 0 Å². The van der Waals surface area contributed by atoms with E-state index in [1.807, 2.05) is 36.7 Å². The second kappa shape index (κ2) is 8.70. The van der Waals surface area contributed by atoms with Gasteiger partial charge in [-0.25, -0.2) is 0 Å². The molecule has 2 fully saturated rings. The van der Waals surface area contributed by atoms with Crippen LogP contribution in [-0.4, -0.2) is 30.5 Å². The highest BCUT2D eigenvalue weighted by Crippen LogP contribution is 2.43. The number of aromatic nitrogens is 2. The number of nitrogens with zero attached hydrogens (tertiary/aromatic N) is 4. The molecule has 5 rings (SSSR count). The average Bonchev–Trinajstić information content (AvgIpc) is 3.44. The lowest BCUT2D eigenvalue weighted by Crippen LogP contribution is -2.40. The molecule has 1 aliphatic heterocycles. The summed E-state index contributed by atoms with van der Waals surface area (Å²) in [5.41, 5.74) is 3.01. The first-order valence-electron chi connectivity index (χ1n) is 11.1. The maximum atomic E-state index is 11.1.